The lowest BCUT2D eigenvalue weighted by atomic mass is 9.86. The number of carbonyl (C=O) groups excluding carboxylic acids is 3. The third-order valence-corrected chi connectivity index (χ3v) is 5.53. The Morgan fingerprint density at radius 1 is 1.29 bits per heavy atom. The smallest absolute Gasteiger partial charge is 0.245 e. The molecule has 3 saturated heterocycles. The minimum atomic E-state index is -0.864. The van der Waals surface area contributed by atoms with Gasteiger partial charge < -0.3 is 20.2 Å². The molecule has 2 N–H and O–H groups in total. The molecule has 0 radical (unpaired) electrons. The van der Waals surface area contributed by atoms with Crippen molar-refractivity contribution in [1.29, 1.82) is 0 Å². The highest BCUT2D eigenvalue weighted by atomic mass is 16.3. The van der Waals surface area contributed by atoms with E-state index in [1.165, 1.54) is 0 Å². The van der Waals surface area contributed by atoms with E-state index < -0.39 is 17.6 Å². The molecule has 134 valence electrons. The van der Waals surface area contributed by atoms with Gasteiger partial charge in [-0.05, 0) is 39.2 Å². The summed E-state index contributed by atoms with van der Waals surface area (Å²) < 4.78 is 0. The van der Waals surface area contributed by atoms with Crippen molar-refractivity contribution in [2.45, 2.75) is 50.7 Å². The molecule has 3 aliphatic rings. The molecular weight excluding hydrogens is 310 g/mol. The fourth-order valence-electron chi connectivity index (χ4n) is 4.09. The van der Waals surface area contributed by atoms with Gasteiger partial charge in [0, 0.05) is 26.1 Å². The van der Waals surface area contributed by atoms with Crippen LogP contribution in [0.1, 0.15) is 39.0 Å². The zero-order valence-corrected chi connectivity index (χ0v) is 14.3. The third-order valence-electron chi connectivity index (χ3n) is 5.53. The van der Waals surface area contributed by atoms with Gasteiger partial charge >= 0.3 is 0 Å². The monoisotopic (exact) mass is 337 g/mol. The largest absolute Gasteiger partial charge is 0.393 e. The summed E-state index contributed by atoms with van der Waals surface area (Å²) in [6, 6.07) is 0. The van der Waals surface area contributed by atoms with Crippen LogP contribution in [0.2, 0.25) is 0 Å². The number of β-lactam (4-membered cyclic amide) rings is 1. The molecule has 0 aromatic heterocycles. The summed E-state index contributed by atoms with van der Waals surface area (Å²) in [5, 5.41) is 13.2. The van der Waals surface area contributed by atoms with Gasteiger partial charge in [-0.15, -0.1) is 0 Å². The van der Waals surface area contributed by atoms with E-state index in [9.17, 15) is 19.5 Å². The molecule has 3 rings (SSSR count). The Bertz CT molecular complexity index is 522. The molecule has 0 saturated carbocycles. The fourth-order valence-corrected chi connectivity index (χ4v) is 4.09. The lowest BCUT2D eigenvalue weighted by Gasteiger charge is -2.46. The maximum Gasteiger partial charge on any atom is 0.245 e. The number of nitrogens with zero attached hydrogens (tertiary/aromatic N) is 2. The highest BCUT2D eigenvalue weighted by molar-refractivity contribution is 5.97. The topological polar surface area (TPSA) is 90.0 Å². The van der Waals surface area contributed by atoms with E-state index in [-0.39, 0.29) is 30.6 Å². The Morgan fingerprint density at radius 2 is 2.00 bits per heavy atom. The van der Waals surface area contributed by atoms with Gasteiger partial charge in [-0.25, -0.2) is 0 Å². The molecule has 3 aliphatic heterocycles. The van der Waals surface area contributed by atoms with Crippen molar-refractivity contribution in [3.8, 4) is 0 Å². The molecule has 2 amide bonds. The molecule has 1 unspecified atom stereocenters. The van der Waals surface area contributed by atoms with Gasteiger partial charge in [0.25, 0.3) is 0 Å². The minimum Gasteiger partial charge on any atom is -0.393 e. The Hall–Kier alpha value is -1.47. The summed E-state index contributed by atoms with van der Waals surface area (Å²) in [4.78, 5) is 40.4. The van der Waals surface area contributed by atoms with Gasteiger partial charge in [-0.2, -0.15) is 0 Å². The predicted octanol–water partition coefficient (Wildman–Crippen LogP) is -0.471. The van der Waals surface area contributed by atoms with Gasteiger partial charge in [0.2, 0.25) is 11.8 Å². The number of hydrogen-bond acceptors (Lipinski definition) is 5. The minimum absolute atomic E-state index is 0.00277. The van der Waals surface area contributed by atoms with Gasteiger partial charge in [-0.1, -0.05) is 0 Å². The van der Waals surface area contributed by atoms with Crippen LogP contribution in [0.4, 0.5) is 0 Å². The SMILES string of the molecule is C[C@@H](O)[C@H](CC(=O)CN1CC2(CCCN2)C1=O)C(=O)N1CCCC1. The van der Waals surface area contributed by atoms with Crippen LogP contribution in [0.3, 0.4) is 0 Å². The van der Waals surface area contributed by atoms with Crippen LogP contribution in [-0.4, -0.2) is 76.9 Å². The molecule has 0 aromatic rings. The number of amides is 2. The Labute approximate surface area is 142 Å². The van der Waals surface area contributed by atoms with E-state index in [4.69, 9.17) is 0 Å². The summed E-state index contributed by atoms with van der Waals surface area (Å²) in [7, 11) is 0. The van der Waals surface area contributed by atoms with Crippen LogP contribution in [0.25, 0.3) is 0 Å². The summed E-state index contributed by atoms with van der Waals surface area (Å²) in [6.07, 6.45) is 2.91. The first-order valence-electron chi connectivity index (χ1n) is 8.96. The van der Waals surface area contributed by atoms with Gasteiger partial charge in [0.1, 0.15) is 5.54 Å². The average molecular weight is 337 g/mol. The molecule has 1 spiro atoms. The Kier molecular flexibility index (Phi) is 4.92. The van der Waals surface area contributed by atoms with E-state index in [2.05, 4.69) is 5.32 Å². The van der Waals surface area contributed by atoms with Crippen LogP contribution < -0.4 is 5.32 Å². The molecule has 7 heteroatoms. The number of likely N-dealkylation sites (tertiary alicyclic amines) is 2. The molecule has 0 bridgehead atoms. The highest BCUT2D eigenvalue weighted by Gasteiger charge is 2.53. The summed E-state index contributed by atoms with van der Waals surface area (Å²) >= 11 is 0. The van der Waals surface area contributed by atoms with Crippen LogP contribution >= 0.6 is 0 Å². The van der Waals surface area contributed by atoms with E-state index in [0.717, 1.165) is 32.2 Å². The predicted molar refractivity (Wildman–Crippen MR) is 87.2 cm³/mol. The third kappa shape index (κ3) is 3.19. The van der Waals surface area contributed by atoms with Crippen molar-refractivity contribution in [1.82, 2.24) is 15.1 Å². The molecular formula is C17H27N3O4. The first kappa shape index (κ1) is 17.4. The standard InChI is InChI=1S/C17H27N3O4/c1-12(21)14(15(23)19-7-2-3-8-19)9-13(22)10-20-11-17(16(20)24)5-4-6-18-17/h12,14,18,21H,2-11H2,1H3/t12-,14+,17?/m1/s1. The van der Waals surface area contributed by atoms with Crippen LogP contribution in [-0.2, 0) is 14.4 Å². The molecule has 24 heavy (non-hydrogen) atoms. The Balaban J connectivity index is 1.52. The lowest BCUT2D eigenvalue weighted by Crippen LogP contribution is -2.71. The maximum atomic E-state index is 12.5. The van der Waals surface area contributed by atoms with E-state index in [1.807, 2.05) is 0 Å². The number of nitrogens with one attached hydrogen (secondary N) is 1. The molecule has 3 fully saturated rings. The van der Waals surface area contributed by atoms with Gasteiger partial charge in [0.05, 0.1) is 18.6 Å². The lowest BCUT2D eigenvalue weighted by molar-refractivity contribution is -0.154. The fraction of sp³-hybridized carbons (Fsp3) is 0.824. The van der Waals surface area contributed by atoms with Gasteiger partial charge in [-0.3, -0.25) is 14.4 Å². The van der Waals surface area contributed by atoms with Crippen LogP contribution in [0.15, 0.2) is 0 Å². The molecule has 7 nitrogen and oxygen atoms in total. The summed E-state index contributed by atoms with van der Waals surface area (Å²) in [5.74, 6) is -1.01. The number of hydrogen-bond donors (Lipinski definition) is 2. The molecule has 0 aliphatic carbocycles. The number of carbonyl (C=O) groups is 3. The second kappa shape index (κ2) is 6.80. The quantitative estimate of drug-likeness (QED) is 0.640. The molecule has 0 aromatic carbocycles. The second-order valence-corrected chi connectivity index (χ2v) is 7.40. The van der Waals surface area contributed by atoms with E-state index in [0.29, 0.717) is 19.6 Å². The van der Waals surface area contributed by atoms with Crippen LogP contribution in [0.5, 0.6) is 0 Å². The summed E-state index contributed by atoms with van der Waals surface area (Å²) in [6.45, 7) is 4.42. The highest BCUT2D eigenvalue weighted by Crippen LogP contribution is 2.31. The molecule has 3 atom stereocenters. The van der Waals surface area contributed by atoms with Crippen molar-refractivity contribution in [3.05, 3.63) is 0 Å². The number of aliphatic hydroxyl groups is 1. The van der Waals surface area contributed by atoms with Gasteiger partial charge in [0.15, 0.2) is 5.78 Å². The van der Waals surface area contributed by atoms with Crippen molar-refractivity contribution >= 4 is 17.6 Å². The van der Waals surface area contributed by atoms with Crippen molar-refractivity contribution < 1.29 is 19.5 Å². The zero-order valence-electron chi connectivity index (χ0n) is 14.3. The van der Waals surface area contributed by atoms with E-state index >= 15 is 0 Å². The normalized spacial score (nSPS) is 29.0. The average Bonchev–Trinajstić information content (AvgIpc) is 3.23. The molecule has 3 heterocycles. The number of rotatable bonds is 6. The van der Waals surface area contributed by atoms with Crippen LogP contribution in [0, 0.1) is 5.92 Å². The number of Topliss-reactive ketones (excluding diaryl/α,β-unsaturated/α-hetero) is 1. The maximum absolute atomic E-state index is 12.5. The Morgan fingerprint density at radius 3 is 2.54 bits per heavy atom. The first-order chi connectivity index (χ1) is 11.4. The summed E-state index contributed by atoms with van der Waals surface area (Å²) in [5.41, 5.74) is -0.435. The second-order valence-electron chi connectivity index (χ2n) is 7.40. The zero-order chi connectivity index (χ0) is 17.3. The van der Waals surface area contributed by atoms with Crippen molar-refractivity contribution in [3.63, 3.8) is 0 Å². The number of ketones is 1. The van der Waals surface area contributed by atoms with E-state index in [1.54, 1.807) is 16.7 Å². The van der Waals surface area contributed by atoms with Crippen molar-refractivity contribution in [2.75, 3.05) is 32.7 Å². The number of aliphatic hydroxyl groups excluding tert-OH is 1. The van der Waals surface area contributed by atoms with Crippen molar-refractivity contribution in [2.24, 2.45) is 5.92 Å². The first-order valence-corrected chi connectivity index (χ1v) is 8.96.